The van der Waals surface area contributed by atoms with Gasteiger partial charge in [0, 0.05) is 16.2 Å². The first-order valence-corrected chi connectivity index (χ1v) is 7.54. The van der Waals surface area contributed by atoms with Crippen LogP contribution in [0.2, 0.25) is 0 Å². The van der Waals surface area contributed by atoms with Crippen LogP contribution in [0, 0.1) is 6.92 Å². The van der Waals surface area contributed by atoms with Crippen LogP contribution in [-0.4, -0.2) is 17.9 Å². The fourth-order valence-corrected chi connectivity index (χ4v) is 2.95. The third-order valence-corrected chi connectivity index (χ3v) is 4.09. The summed E-state index contributed by atoms with van der Waals surface area (Å²) in [6.07, 6.45) is 0.683. The number of nitrogens with two attached hydrogens (primary N) is 1. The first-order chi connectivity index (χ1) is 10.0. The molecule has 0 aliphatic carbocycles. The molecule has 2 aromatic rings. The van der Waals surface area contributed by atoms with Crippen molar-refractivity contribution in [2.75, 3.05) is 0 Å². The summed E-state index contributed by atoms with van der Waals surface area (Å²) in [6, 6.07) is 12.7. The fourth-order valence-electron chi connectivity index (χ4n) is 2.06. The fraction of sp³-hybridized carbons (Fsp3) is 0.250. The number of hydrogen-bond acceptors (Lipinski definition) is 3. The highest BCUT2D eigenvalue weighted by Crippen LogP contribution is 2.15. The molecule has 110 valence electrons. The topological polar surface area (TPSA) is 72.2 Å². The van der Waals surface area contributed by atoms with Crippen molar-refractivity contribution < 1.29 is 9.59 Å². The van der Waals surface area contributed by atoms with E-state index in [4.69, 9.17) is 5.73 Å². The predicted octanol–water partition coefficient (Wildman–Crippen LogP) is 1.81. The van der Waals surface area contributed by atoms with E-state index in [0.717, 1.165) is 15.3 Å². The minimum atomic E-state index is -0.680. The molecule has 0 bridgehead atoms. The van der Waals surface area contributed by atoms with Crippen LogP contribution < -0.4 is 11.1 Å². The second-order valence-electron chi connectivity index (χ2n) is 4.90. The largest absolute Gasteiger partial charge is 0.368 e. The SMILES string of the molecule is Cc1ccc(CC(=O)N[C@H](Cc2ccccc2)C(N)=O)s1. The molecule has 1 aromatic heterocycles. The summed E-state index contributed by atoms with van der Waals surface area (Å²) in [4.78, 5) is 25.7. The molecule has 3 N–H and O–H groups in total. The molecule has 0 saturated carbocycles. The van der Waals surface area contributed by atoms with Gasteiger partial charge in [-0.05, 0) is 24.6 Å². The second kappa shape index (κ2) is 7.04. The molecule has 1 aromatic carbocycles. The Morgan fingerprint density at radius 2 is 1.90 bits per heavy atom. The van der Waals surface area contributed by atoms with Crippen molar-refractivity contribution in [1.29, 1.82) is 0 Å². The molecule has 1 heterocycles. The Balaban J connectivity index is 1.96. The van der Waals surface area contributed by atoms with E-state index in [9.17, 15) is 9.59 Å². The Morgan fingerprint density at radius 3 is 2.48 bits per heavy atom. The molecule has 2 rings (SSSR count). The minimum Gasteiger partial charge on any atom is -0.368 e. The molecular formula is C16H18N2O2S. The maximum Gasteiger partial charge on any atom is 0.240 e. The van der Waals surface area contributed by atoms with Crippen LogP contribution in [0.25, 0.3) is 0 Å². The van der Waals surface area contributed by atoms with Gasteiger partial charge in [0.05, 0.1) is 6.42 Å². The molecule has 0 saturated heterocycles. The van der Waals surface area contributed by atoms with Gasteiger partial charge in [-0.25, -0.2) is 0 Å². The van der Waals surface area contributed by atoms with E-state index in [0.29, 0.717) is 6.42 Å². The number of amides is 2. The lowest BCUT2D eigenvalue weighted by atomic mass is 10.1. The van der Waals surface area contributed by atoms with Crippen LogP contribution >= 0.6 is 11.3 Å². The quantitative estimate of drug-likeness (QED) is 0.854. The van der Waals surface area contributed by atoms with Gasteiger partial charge in [-0.3, -0.25) is 9.59 Å². The van der Waals surface area contributed by atoms with Gasteiger partial charge in [0.1, 0.15) is 6.04 Å². The van der Waals surface area contributed by atoms with Crippen LogP contribution in [0.4, 0.5) is 0 Å². The first-order valence-electron chi connectivity index (χ1n) is 6.72. The number of nitrogens with one attached hydrogen (secondary N) is 1. The number of rotatable bonds is 6. The van der Waals surface area contributed by atoms with E-state index in [1.165, 1.54) is 0 Å². The number of thiophene rings is 1. The van der Waals surface area contributed by atoms with Crippen molar-refractivity contribution in [3.63, 3.8) is 0 Å². The highest BCUT2D eigenvalue weighted by Gasteiger charge is 2.18. The Kier molecular flexibility index (Phi) is 5.11. The molecule has 2 amide bonds. The van der Waals surface area contributed by atoms with Gasteiger partial charge in [0.15, 0.2) is 0 Å². The third kappa shape index (κ3) is 4.72. The van der Waals surface area contributed by atoms with E-state index < -0.39 is 11.9 Å². The molecular weight excluding hydrogens is 284 g/mol. The number of aryl methyl sites for hydroxylation is 1. The summed E-state index contributed by atoms with van der Waals surface area (Å²) in [7, 11) is 0. The zero-order valence-electron chi connectivity index (χ0n) is 11.8. The second-order valence-corrected chi connectivity index (χ2v) is 6.27. The van der Waals surface area contributed by atoms with Crippen LogP contribution in [0.3, 0.4) is 0 Å². The monoisotopic (exact) mass is 302 g/mol. The average molecular weight is 302 g/mol. The van der Waals surface area contributed by atoms with Gasteiger partial charge in [-0.2, -0.15) is 0 Å². The highest BCUT2D eigenvalue weighted by atomic mass is 32.1. The van der Waals surface area contributed by atoms with E-state index in [-0.39, 0.29) is 12.3 Å². The number of carbonyl (C=O) groups excluding carboxylic acids is 2. The van der Waals surface area contributed by atoms with Crippen LogP contribution in [0.15, 0.2) is 42.5 Å². The minimum absolute atomic E-state index is 0.184. The lowest BCUT2D eigenvalue weighted by Crippen LogP contribution is -2.46. The van der Waals surface area contributed by atoms with Crippen molar-refractivity contribution in [2.24, 2.45) is 5.73 Å². The number of hydrogen-bond donors (Lipinski definition) is 2. The Labute approximate surface area is 128 Å². The number of benzene rings is 1. The van der Waals surface area contributed by atoms with Gasteiger partial charge in [-0.15, -0.1) is 11.3 Å². The van der Waals surface area contributed by atoms with E-state index >= 15 is 0 Å². The number of carbonyl (C=O) groups is 2. The standard InChI is InChI=1S/C16H18N2O2S/c1-11-7-8-13(21-11)10-15(19)18-14(16(17)20)9-12-5-3-2-4-6-12/h2-8,14H,9-10H2,1H3,(H2,17,20)(H,18,19)/t14-/m1/s1. The molecule has 0 spiro atoms. The Morgan fingerprint density at radius 1 is 1.19 bits per heavy atom. The lowest BCUT2D eigenvalue weighted by Gasteiger charge is -2.15. The van der Waals surface area contributed by atoms with Crippen LogP contribution in [-0.2, 0) is 22.4 Å². The van der Waals surface area contributed by atoms with Crippen LogP contribution in [0.5, 0.6) is 0 Å². The van der Waals surface area contributed by atoms with E-state index in [2.05, 4.69) is 5.32 Å². The molecule has 5 heteroatoms. The molecule has 4 nitrogen and oxygen atoms in total. The predicted molar refractivity (Wildman–Crippen MR) is 84.0 cm³/mol. The van der Waals surface area contributed by atoms with Crippen molar-refractivity contribution in [3.8, 4) is 0 Å². The van der Waals surface area contributed by atoms with Crippen molar-refractivity contribution in [1.82, 2.24) is 5.32 Å². The summed E-state index contributed by atoms with van der Waals surface area (Å²) in [6.45, 7) is 1.99. The van der Waals surface area contributed by atoms with Gasteiger partial charge >= 0.3 is 0 Å². The van der Waals surface area contributed by atoms with Crippen LogP contribution in [0.1, 0.15) is 15.3 Å². The molecule has 21 heavy (non-hydrogen) atoms. The Bertz CT molecular complexity index is 622. The molecule has 1 atom stereocenters. The van der Waals surface area contributed by atoms with Crippen molar-refractivity contribution in [2.45, 2.75) is 25.8 Å². The Hall–Kier alpha value is -2.14. The summed E-state index contributed by atoms with van der Waals surface area (Å²) in [5.74, 6) is -0.703. The van der Waals surface area contributed by atoms with Gasteiger partial charge in [-0.1, -0.05) is 30.3 Å². The van der Waals surface area contributed by atoms with E-state index in [1.54, 1.807) is 11.3 Å². The summed E-state index contributed by atoms with van der Waals surface area (Å²) in [5, 5.41) is 2.72. The summed E-state index contributed by atoms with van der Waals surface area (Å²) < 4.78 is 0. The molecule has 0 fully saturated rings. The number of primary amides is 1. The first kappa shape index (κ1) is 15.3. The third-order valence-electron chi connectivity index (χ3n) is 3.09. The normalized spacial score (nSPS) is 11.9. The zero-order chi connectivity index (χ0) is 15.2. The smallest absolute Gasteiger partial charge is 0.240 e. The van der Waals surface area contributed by atoms with E-state index in [1.807, 2.05) is 49.4 Å². The molecule has 0 unspecified atom stereocenters. The maximum atomic E-state index is 12.0. The van der Waals surface area contributed by atoms with Gasteiger partial charge < -0.3 is 11.1 Å². The molecule has 0 aliphatic rings. The average Bonchev–Trinajstić information content (AvgIpc) is 2.84. The van der Waals surface area contributed by atoms with Crippen molar-refractivity contribution >= 4 is 23.2 Å². The summed E-state index contributed by atoms with van der Waals surface area (Å²) in [5.41, 5.74) is 6.35. The van der Waals surface area contributed by atoms with Gasteiger partial charge in [0.25, 0.3) is 0 Å². The zero-order valence-corrected chi connectivity index (χ0v) is 12.7. The highest BCUT2D eigenvalue weighted by molar-refractivity contribution is 7.12. The lowest BCUT2D eigenvalue weighted by molar-refractivity contribution is -0.126. The maximum absolute atomic E-state index is 12.0. The van der Waals surface area contributed by atoms with Crippen molar-refractivity contribution in [3.05, 3.63) is 57.8 Å². The summed E-state index contributed by atoms with van der Waals surface area (Å²) >= 11 is 1.58. The van der Waals surface area contributed by atoms with Gasteiger partial charge in [0.2, 0.25) is 11.8 Å². The molecule has 0 radical (unpaired) electrons. The molecule has 0 aliphatic heterocycles.